The van der Waals surface area contributed by atoms with Gasteiger partial charge in [0.05, 0.1) is 7.14 Å². The minimum absolute atomic E-state index is 0.249. The van der Waals surface area contributed by atoms with Gasteiger partial charge in [0.15, 0.2) is 6.79 Å². The quantitative estimate of drug-likeness (QED) is 0.0809. The summed E-state index contributed by atoms with van der Waals surface area (Å²) >= 11 is 4.55. The molecule has 3 nitrogen and oxygen atoms in total. The Morgan fingerprint density at radius 1 is 0.727 bits per heavy atom. The van der Waals surface area contributed by atoms with Gasteiger partial charge in [-0.3, -0.25) is 0 Å². The minimum Gasteiger partial charge on any atom is -0.466 e. The third-order valence-electron chi connectivity index (χ3n) is 5.39. The topological polar surface area (TPSA) is 27.7 Å². The van der Waals surface area contributed by atoms with Crippen LogP contribution >= 0.6 is 56.1 Å². The Labute approximate surface area is 224 Å². The fraction of sp³-hybridized carbons (Fsp3) is 0.111. The van der Waals surface area contributed by atoms with Crippen LogP contribution in [0.15, 0.2) is 99.6 Å². The Kier molecular flexibility index (Phi) is 7.15. The first kappa shape index (κ1) is 23.0. The smallest absolute Gasteiger partial charge is 0.189 e. The molecule has 0 spiro atoms. The SMILES string of the molecule is CCOCOc1cc(I)c(Oc2ccc([SH]3c4ccccc4-c4ccccc43)cc2)cc1I. The number of hydrogen-bond donors (Lipinski definition) is 1. The molecule has 1 aliphatic heterocycles. The third-order valence-corrected chi connectivity index (χ3v) is 9.64. The number of thiol groups is 1. The van der Waals surface area contributed by atoms with E-state index in [4.69, 9.17) is 14.2 Å². The molecule has 33 heavy (non-hydrogen) atoms. The molecule has 0 saturated heterocycles. The summed E-state index contributed by atoms with van der Waals surface area (Å²) in [4.78, 5) is 4.18. The van der Waals surface area contributed by atoms with E-state index >= 15 is 0 Å². The lowest BCUT2D eigenvalue weighted by atomic mass is 10.1. The van der Waals surface area contributed by atoms with Crippen molar-refractivity contribution in [3.05, 3.63) is 92.1 Å². The van der Waals surface area contributed by atoms with Crippen LogP contribution in [0.1, 0.15) is 6.92 Å². The standard InChI is InChI=1S/C27H22I2O3S/c1-2-30-17-31-24-15-23(29)25(16-22(24)28)32-18-11-13-19(14-12-18)33-26-9-5-3-7-20(26)21-8-4-6-10-27(21)33/h3-16,33H,2,17H2,1H3. The van der Waals surface area contributed by atoms with Crippen molar-refractivity contribution in [2.45, 2.75) is 21.6 Å². The zero-order chi connectivity index (χ0) is 22.8. The van der Waals surface area contributed by atoms with Crippen LogP contribution in [-0.2, 0) is 4.74 Å². The van der Waals surface area contributed by atoms with E-state index in [-0.39, 0.29) is 6.79 Å². The Balaban J connectivity index is 1.39. The van der Waals surface area contributed by atoms with Crippen molar-refractivity contribution in [1.29, 1.82) is 0 Å². The van der Waals surface area contributed by atoms with Gasteiger partial charge < -0.3 is 14.2 Å². The van der Waals surface area contributed by atoms with Crippen molar-refractivity contribution < 1.29 is 14.2 Å². The second kappa shape index (κ2) is 10.2. The first-order chi connectivity index (χ1) is 16.2. The predicted molar refractivity (Wildman–Crippen MR) is 151 cm³/mol. The molecule has 0 aromatic heterocycles. The molecule has 0 N–H and O–H groups in total. The average molecular weight is 680 g/mol. The molecule has 0 fully saturated rings. The molecular weight excluding hydrogens is 658 g/mol. The summed E-state index contributed by atoms with van der Waals surface area (Å²) in [5, 5.41) is 0. The number of fused-ring (bicyclic) bond motifs is 3. The van der Waals surface area contributed by atoms with E-state index < -0.39 is 10.9 Å². The summed E-state index contributed by atoms with van der Waals surface area (Å²) in [6.45, 7) is 2.83. The van der Waals surface area contributed by atoms with Gasteiger partial charge in [-0.2, -0.15) is 10.9 Å². The summed E-state index contributed by atoms with van der Waals surface area (Å²) in [6.07, 6.45) is 0. The molecule has 0 saturated carbocycles. The average Bonchev–Trinajstić information content (AvgIpc) is 3.17. The molecule has 0 amide bonds. The second-order valence-corrected chi connectivity index (χ2v) is 11.9. The lowest BCUT2D eigenvalue weighted by molar-refractivity contribution is 0.0218. The molecule has 4 aromatic carbocycles. The Hall–Kier alpha value is -1.75. The van der Waals surface area contributed by atoms with Gasteiger partial charge in [-0.15, -0.1) is 0 Å². The van der Waals surface area contributed by atoms with E-state index in [1.165, 1.54) is 25.8 Å². The van der Waals surface area contributed by atoms with Crippen molar-refractivity contribution in [3.63, 3.8) is 0 Å². The van der Waals surface area contributed by atoms with E-state index in [1.807, 2.05) is 19.1 Å². The molecule has 168 valence electrons. The van der Waals surface area contributed by atoms with Gasteiger partial charge >= 0.3 is 0 Å². The molecule has 5 rings (SSSR count). The van der Waals surface area contributed by atoms with Crippen LogP contribution in [-0.4, -0.2) is 13.4 Å². The van der Waals surface area contributed by atoms with Crippen LogP contribution in [0.25, 0.3) is 11.1 Å². The lowest BCUT2D eigenvalue weighted by Crippen LogP contribution is -2.03. The van der Waals surface area contributed by atoms with Crippen LogP contribution in [0.5, 0.6) is 17.2 Å². The van der Waals surface area contributed by atoms with Crippen molar-refractivity contribution in [1.82, 2.24) is 0 Å². The molecule has 0 bridgehead atoms. The Morgan fingerprint density at radius 3 is 1.94 bits per heavy atom. The van der Waals surface area contributed by atoms with Crippen LogP contribution in [0.2, 0.25) is 0 Å². The van der Waals surface area contributed by atoms with Crippen LogP contribution in [0.3, 0.4) is 0 Å². The summed E-state index contributed by atoms with van der Waals surface area (Å²) in [5.74, 6) is 2.45. The molecule has 1 heterocycles. The van der Waals surface area contributed by atoms with E-state index in [1.54, 1.807) is 0 Å². The zero-order valence-corrected chi connectivity index (χ0v) is 23.1. The molecule has 6 heteroatoms. The third kappa shape index (κ3) is 4.76. The first-order valence-corrected chi connectivity index (χ1v) is 14.1. The van der Waals surface area contributed by atoms with Crippen LogP contribution < -0.4 is 9.47 Å². The van der Waals surface area contributed by atoms with Gasteiger partial charge in [-0.05, 0) is 117 Å². The molecule has 0 atom stereocenters. The Bertz CT molecular complexity index is 1250. The minimum atomic E-state index is -0.553. The van der Waals surface area contributed by atoms with Gasteiger partial charge in [0, 0.05) is 16.4 Å². The molecule has 0 aliphatic carbocycles. The van der Waals surface area contributed by atoms with Gasteiger partial charge in [0.1, 0.15) is 17.2 Å². The zero-order valence-electron chi connectivity index (χ0n) is 17.9. The van der Waals surface area contributed by atoms with Gasteiger partial charge in [-0.25, -0.2) is 0 Å². The maximum Gasteiger partial charge on any atom is 0.189 e. The molecular formula is C27H22I2O3S. The number of hydrogen-bond acceptors (Lipinski definition) is 3. The van der Waals surface area contributed by atoms with Crippen molar-refractivity contribution in [3.8, 4) is 28.4 Å². The van der Waals surface area contributed by atoms with Gasteiger partial charge in [0.2, 0.25) is 0 Å². The maximum absolute atomic E-state index is 6.24. The van der Waals surface area contributed by atoms with Crippen LogP contribution in [0.4, 0.5) is 0 Å². The Morgan fingerprint density at radius 2 is 1.30 bits per heavy atom. The fourth-order valence-electron chi connectivity index (χ4n) is 3.88. The summed E-state index contributed by atoms with van der Waals surface area (Å²) < 4.78 is 19.2. The highest BCUT2D eigenvalue weighted by Crippen LogP contribution is 2.62. The van der Waals surface area contributed by atoms with Crippen molar-refractivity contribution in [2.75, 3.05) is 13.4 Å². The second-order valence-electron chi connectivity index (χ2n) is 7.43. The number of ether oxygens (including phenoxy) is 3. The summed E-state index contributed by atoms with van der Waals surface area (Å²) in [5.41, 5.74) is 2.71. The summed E-state index contributed by atoms with van der Waals surface area (Å²) in [7, 11) is -0.553. The monoisotopic (exact) mass is 680 g/mol. The van der Waals surface area contributed by atoms with Gasteiger partial charge in [0.25, 0.3) is 0 Å². The van der Waals surface area contributed by atoms with E-state index in [0.717, 1.165) is 24.4 Å². The molecule has 1 aliphatic rings. The van der Waals surface area contributed by atoms with Crippen molar-refractivity contribution >= 4 is 56.1 Å². The molecule has 0 radical (unpaired) electrons. The summed E-state index contributed by atoms with van der Waals surface area (Å²) in [6, 6.07) is 30.1. The van der Waals surface area contributed by atoms with Gasteiger partial charge in [-0.1, -0.05) is 36.4 Å². The molecule has 4 aromatic rings. The van der Waals surface area contributed by atoms with E-state index in [0.29, 0.717) is 6.61 Å². The maximum atomic E-state index is 6.24. The highest BCUT2D eigenvalue weighted by Gasteiger charge is 2.26. The first-order valence-electron chi connectivity index (χ1n) is 10.6. The normalized spacial score (nSPS) is 12.9. The van der Waals surface area contributed by atoms with E-state index in [9.17, 15) is 0 Å². The lowest BCUT2D eigenvalue weighted by Gasteiger charge is -2.19. The molecule has 0 unspecified atom stereocenters. The fourth-order valence-corrected chi connectivity index (χ4v) is 7.63. The number of benzene rings is 4. The van der Waals surface area contributed by atoms with E-state index in [2.05, 4.69) is 118 Å². The highest BCUT2D eigenvalue weighted by atomic mass is 127. The predicted octanol–water partition coefficient (Wildman–Crippen LogP) is 8.52. The van der Waals surface area contributed by atoms with Crippen molar-refractivity contribution in [2.24, 2.45) is 0 Å². The largest absolute Gasteiger partial charge is 0.466 e. The number of halogens is 2. The highest BCUT2D eigenvalue weighted by molar-refractivity contribution is 14.1. The number of rotatable bonds is 7. The van der Waals surface area contributed by atoms with Crippen LogP contribution in [0, 0.1) is 7.14 Å².